The van der Waals surface area contributed by atoms with Crippen LogP contribution in [0.25, 0.3) is 11.1 Å². The van der Waals surface area contributed by atoms with Gasteiger partial charge in [-0.1, -0.05) is 49.7 Å². The first-order valence-corrected chi connectivity index (χ1v) is 8.18. The highest BCUT2D eigenvalue weighted by Crippen LogP contribution is 2.22. The van der Waals surface area contributed by atoms with Crippen molar-refractivity contribution in [3.63, 3.8) is 0 Å². The number of nitrogens with one attached hydrogen (secondary N) is 1. The van der Waals surface area contributed by atoms with Crippen molar-refractivity contribution >= 4 is 10.0 Å². The molecule has 0 aliphatic rings. The smallest absolute Gasteiger partial charge is 0.214 e. The molecule has 0 fully saturated rings. The van der Waals surface area contributed by atoms with E-state index in [1.807, 2.05) is 12.1 Å². The standard InChI is InChI=1S/C16H19NO2S/c1-3-4-13-5-7-14(8-6-13)15-9-11-16(12-10-15)20(18,19)17-2/h5-12,17H,3-4H2,1-2H3. The van der Waals surface area contributed by atoms with E-state index in [1.165, 1.54) is 12.6 Å². The van der Waals surface area contributed by atoms with Crippen molar-refractivity contribution in [2.24, 2.45) is 0 Å². The van der Waals surface area contributed by atoms with Crippen molar-refractivity contribution in [2.75, 3.05) is 7.05 Å². The predicted octanol–water partition coefficient (Wildman–Crippen LogP) is 3.21. The van der Waals surface area contributed by atoms with Gasteiger partial charge < -0.3 is 0 Å². The van der Waals surface area contributed by atoms with E-state index in [2.05, 4.69) is 35.9 Å². The Morgan fingerprint density at radius 1 is 0.900 bits per heavy atom. The van der Waals surface area contributed by atoms with Gasteiger partial charge in [0.1, 0.15) is 0 Å². The first-order valence-electron chi connectivity index (χ1n) is 6.69. The minimum Gasteiger partial charge on any atom is -0.214 e. The van der Waals surface area contributed by atoms with Gasteiger partial charge in [-0.15, -0.1) is 0 Å². The van der Waals surface area contributed by atoms with Gasteiger partial charge in [0, 0.05) is 0 Å². The predicted molar refractivity (Wildman–Crippen MR) is 82.1 cm³/mol. The third-order valence-corrected chi connectivity index (χ3v) is 4.69. The summed E-state index contributed by atoms with van der Waals surface area (Å²) in [7, 11) is -1.95. The van der Waals surface area contributed by atoms with Gasteiger partial charge in [-0.2, -0.15) is 0 Å². The Morgan fingerprint density at radius 2 is 1.40 bits per heavy atom. The van der Waals surface area contributed by atoms with Crippen LogP contribution >= 0.6 is 0 Å². The lowest BCUT2D eigenvalue weighted by Gasteiger charge is -2.06. The van der Waals surface area contributed by atoms with Crippen LogP contribution in [-0.4, -0.2) is 15.5 Å². The van der Waals surface area contributed by atoms with Crippen LogP contribution in [0.15, 0.2) is 53.4 Å². The normalized spacial score (nSPS) is 11.5. The van der Waals surface area contributed by atoms with E-state index < -0.39 is 10.0 Å². The summed E-state index contributed by atoms with van der Waals surface area (Å²) >= 11 is 0. The Bertz CT molecular complexity index is 659. The Morgan fingerprint density at radius 3 is 1.85 bits per heavy atom. The van der Waals surface area contributed by atoms with Gasteiger partial charge in [0.15, 0.2) is 0 Å². The van der Waals surface area contributed by atoms with Gasteiger partial charge in [0.25, 0.3) is 0 Å². The summed E-state index contributed by atoms with van der Waals surface area (Å²) < 4.78 is 25.6. The van der Waals surface area contributed by atoms with Gasteiger partial charge in [-0.25, -0.2) is 13.1 Å². The maximum atomic E-state index is 11.7. The molecule has 0 heterocycles. The minimum atomic E-state index is -3.36. The SMILES string of the molecule is CCCc1ccc(-c2ccc(S(=O)(=O)NC)cc2)cc1. The molecular weight excluding hydrogens is 270 g/mol. The van der Waals surface area contributed by atoms with Gasteiger partial charge in [-0.05, 0) is 42.3 Å². The fraction of sp³-hybridized carbons (Fsp3) is 0.250. The molecule has 0 saturated carbocycles. The highest BCUT2D eigenvalue weighted by atomic mass is 32.2. The van der Waals surface area contributed by atoms with Crippen LogP contribution in [-0.2, 0) is 16.4 Å². The lowest BCUT2D eigenvalue weighted by Crippen LogP contribution is -2.18. The van der Waals surface area contributed by atoms with Crippen LogP contribution in [0, 0.1) is 0 Å². The highest BCUT2D eigenvalue weighted by Gasteiger charge is 2.10. The van der Waals surface area contributed by atoms with Gasteiger partial charge in [0.05, 0.1) is 4.90 Å². The molecular formula is C16H19NO2S. The Hall–Kier alpha value is -1.65. The summed E-state index contributed by atoms with van der Waals surface area (Å²) in [6.07, 6.45) is 2.22. The fourth-order valence-corrected chi connectivity index (χ4v) is 2.83. The molecule has 0 saturated heterocycles. The van der Waals surface area contributed by atoms with E-state index in [-0.39, 0.29) is 4.90 Å². The van der Waals surface area contributed by atoms with E-state index in [4.69, 9.17) is 0 Å². The molecule has 3 nitrogen and oxygen atoms in total. The van der Waals surface area contributed by atoms with Gasteiger partial charge in [0.2, 0.25) is 10.0 Å². The summed E-state index contributed by atoms with van der Waals surface area (Å²) in [6, 6.07) is 15.3. The molecule has 1 N–H and O–H groups in total. The molecule has 20 heavy (non-hydrogen) atoms. The van der Waals surface area contributed by atoms with Crippen LogP contribution in [0.1, 0.15) is 18.9 Å². The topological polar surface area (TPSA) is 46.2 Å². The second-order valence-electron chi connectivity index (χ2n) is 4.68. The number of sulfonamides is 1. The van der Waals surface area contributed by atoms with Gasteiger partial charge >= 0.3 is 0 Å². The summed E-state index contributed by atoms with van der Waals surface area (Å²) in [5.74, 6) is 0. The Balaban J connectivity index is 2.26. The van der Waals surface area contributed by atoms with Crippen molar-refractivity contribution < 1.29 is 8.42 Å². The van der Waals surface area contributed by atoms with E-state index in [0.29, 0.717) is 0 Å². The largest absolute Gasteiger partial charge is 0.240 e. The quantitative estimate of drug-likeness (QED) is 0.918. The highest BCUT2D eigenvalue weighted by molar-refractivity contribution is 7.89. The van der Waals surface area contributed by atoms with Crippen molar-refractivity contribution in [1.29, 1.82) is 0 Å². The molecule has 4 heteroatoms. The molecule has 0 aromatic heterocycles. The third-order valence-electron chi connectivity index (χ3n) is 3.26. The number of aryl methyl sites for hydroxylation is 1. The number of hydrogen-bond acceptors (Lipinski definition) is 2. The maximum Gasteiger partial charge on any atom is 0.240 e. The van der Waals surface area contributed by atoms with Crippen LogP contribution < -0.4 is 4.72 Å². The summed E-state index contributed by atoms with van der Waals surface area (Å²) in [5, 5.41) is 0. The van der Waals surface area contributed by atoms with Crippen molar-refractivity contribution in [1.82, 2.24) is 4.72 Å². The lowest BCUT2D eigenvalue weighted by molar-refractivity contribution is 0.588. The molecule has 0 amide bonds. The van der Waals surface area contributed by atoms with Crippen LogP contribution in [0.2, 0.25) is 0 Å². The van der Waals surface area contributed by atoms with Crippen molar-refractivity contribution in [3.8, 4) is 11.1 Å². The van der Waals surface area contributed by atoms with Crippen LogP contribution in [0.4, 0.5) is 0 Å². The summed E-state index contributed by atoms with van der Waals surface area (Å²) in [6.45, 7) is 2.16. The summed E-state index contributed by atoms with van der Waals surface area (Å²) in [4.78, 5) is 0.284. The molecule has 0 spiro atoms. The minimum absolute atomic E-state index is 0.284. The molecule has 0 aliphatic heterocycles. The number of hydrogen-bond donors (Lipinski definition) is 1. The first kappa shape index (κ1) is 14.8. The van der Waals surface area contributed by atoms with Crippen molar-refractivity contribution in [3.05, 3.63) is 54.1 Å². The number of benzene rings is 2. The average Bonchev–Trinajstić information content (AvgIpc) is 2.48. The molecule has 0 atom stereocenters. The fourth-order valence-electron chi connectivity index (χ4n) is 2.10. The zero-order chi connectivity index (χ0) is 14.6. The second-order valence-corrected chi connectivity index (χ2v) is 6.57. The van der Waals surface area contributed by atoms with Crippen LogP contribution in [0.3, 0.4) is 0 Å². The maximum absolute atomic E-state index is 11.7. The average molecular weight is 289 g/mol. The van der Waals surface area contributed by atoms with Gasteiger partial charge in [-0.3, -0.25) is 0 Å². The summed E-state index contributed by atoms with van der Waals surface area (Å²) in [5.41, 5.74) is 3.44. The van der Waals surface area contributed by atoms with E-state index in [0.717, 1.165) is 24.0 Å². The van der Waals surface area contributed by atoms with E-state index in [9.17, 15) is 8.42 Å². The number of rotatable bonds is 5. The molecule has 2 rings (SSSR count). The third kappa shape index (κ3) is 3.26. The lowest BCUT2D eigenvalue weighted by atomic mass is 10.0. The monoisotopic (exact) mass is 289 g/mol. The van der Waals surface area contributed by atoms with E-state index >= 15 is 0 Å². The Labute approximate surface area is 120 Å². The Kier molecular flexibility index (Phi) is 4.57. The van der Waals surface area contributed by atoms with Crippen LogP contribution in [0.5, 0.6) is 0 Å². The molecule has 2 aromatic carbocycles. The van der Waals surface area contributed by atoms with E-state index in [1.54, 1.807) is 12.1 Å². The molecule has 0 aliphatic carbocycles. The molecule has 2 aromatic rings. The molecule has 0 unspecified atom stereocenters. The molecule has 0 bridgehead atoms. The zero-order valence-corrected chi connectivity index (χ0v) is 12.6. The first-order chi connectivity index (χ1) is 9.56. The molecule has 106 valence electrons. The zero-order valence-electron chi connectivity index (χ0n) is 11.8. The van der Waals surface area contributed by atoms with Crippen molar-refractivity contribution in [2.45, 2.75) is 24.7 Å². The molecule has 0 radical (unpaired) electrons. The second kappa shape index (κ2) is 6.20.